The van der Waals surface area contributed by atoms with Crippen LogP contribution in [0, 0.1) is 17.1 Å². The summed E-state index contributed by atoms with van der Waals surface area (Å²) in [4.78, 5) is 25.6. The first-order valence-electron chi connectivity index (χ1n) is 10.3. The molecule has 170 valence electrons. The Hall–Kier alpha value is -4.09. The second kappa shape index (κ2) is 9.04. The van der Waals surface area contributed by atoms with Gasteiger partial charge in [-0.15, -0.1) is 0 Å². The lowest BCUT2D eigenvalue weighted by Gasteiger charge is -2.16. The molecule has 0 bridgehead atoms. The van der Waals surface area contributed by atoms with Crippen LogP contribution in [-0.2, 0) is 5.41 Å². The molecule has 0 fully saturated rings. The topological polar surface area (TPSA) is 104 Å². The molecule has 4 aromatic rings. The van der Waals surface area contributed by atoms with Crippen molar-refractivity contribution < 1.29 is 9.18 Å². The molecular weight excluding hydrogens is 455 g/mol. The number of halogens is 2. The standard InChI is InChI=1S/C25H20ClFN6O/c1-25(2,13-28)16-4-5-30-21(7-16)24(34)33-17-8-18(23(26)19(27)9-17)14-6-15-12-32-22(29-3)10-20(15)31-11-14/h4-12H,1-3H3,(H,29,32)(H,33,34). The molecule has 7 nitrogen and oxygen atoms in total. The zero-order valence-corrected chi connectivity index (χ0v) is 19.4. The minimum atomic E-state index is -0.788. The van der Waals surface area contributed by atoms with E-state index < -0.39 is 17.1 Å². The first kappa shape index (κ1) is 23.1. The van der Waals surface area contributed by atoms with Gasteiger partial charge in [-0.05, 0) is 49.7 Å². The Bertz CT molecular complexity index is 1460. The van der Waals surface area contributed by atoms with Crippen molar-refractivity contribution in [2.45, 2.75) is 19.3 Å². The van der Waals surface area contributed by atoms with Crippen LogP contribution < -0.4 is 10.6 Å². The maximum absolute atomic E-state index is 14.7. The maximum atomic E-state index is 14.7. The Morgan fingerprint density at radius 3 is 2.65 bits per heavy atom. The number of aromatic nitrogens is 3. The van der Waals surface area contributed by atoms with Crippen LogP contribution in [0.2, 0.25) is 5.02 Å². The number of pyridine rings is 3. The quantitative estimate of drug-likeness (QED) is 0.391. The molecule has 0 radical (unpaired) electrons. The van der Waals surface area contributed by atoms with Crippen molar-refractivity contribution in [1.29, 1.82) is 5.26 Å². The van der Waals surface area contributed by atoms with Gasteiger partial charge in [0, 0.05) is 53.9 Å². The second-order valence-electron chi connectivity index (χ2n) is 8.18. The Labute approximate surface area is 200 Å². The van der Waals surface area contributed by atoms with Crippen LogP contribution in [0.5, 0.6) is 0 Å². The molecule has 1 aromatic carbocycles. The summed E-state index contributed by atoms with van der Waals surface area (Å²) in [6.07, 6.45) is 4.71. The van der Waals surface area contributed by atoms with E-state index in [1.807, 2.05) is 0 Å². The number of hydrogen-bond donors (Lipinski definition) is 2. The van der Waals surface area contributed by atoms with Gasteiger partial charge in [0.2, 0.25) is 0 Å². The van der Waals surface area contributed by atoms with Crippen molar-refractivity contribution in [3.05, 3.63) is 77.1 Å². The van der Waals surface area contributed by atoms with Gasteiger partial charge < -0.3 is 10.6 Å². The number of anilines is 2. The highest BCUT2D eigenvalue weighted by atomic mass is 35.5. The predicted octanol–water partition coefficient (Wildman–Crippen LogP) is 5.58. The van der Waals surface area contributed by atoms with Crippen LogP contribution in [0.1, 0.15) is 29.9 Å². The van der Waals surface area contributed by atoms with Gasteiger partial charge in [0.05, 0.1) is 22.0 Å². The molecule has 2 N–H and O–H groups in total. The first-order valence-corrected chi connectivity index (χ1v) is 10.7. The number of carbonyl (C=O) groups is 1. The van der Waals surface area contributed by atoms with E-state index in [0.717, 1.165) is 17.0 Å². The van der Waals surface area contributed by atoms with Crippen LogP contribution in [0.15, 0.2) is 55.0 Å². The van der Waals surface area contributed by atoms with Crippen LogP contribution in [0.25, 0.3) is 22.0 Å². The zero-order valence-electron chi connectivity index (χ0n) is 18.6. The summed E-state index contributed by atoms with van der Waals surface area (Å²) in [5.74, 6) is -0.549. The van der Waals surface area contributed by atoms with E-state index in [0.29, 0.717) is 22.5 Å². The highest BCUT2D eigenvalue weighted by molar-refractivity contribution is 6.33. The largest absolute Gasteiger partial charge is 0.373 e. The molecule has 3 aromatic heterocycles. The van der Waals surface area contributed by atoms with Gasteiger partial charge in [0.1, 0.15) is 17.3 Å². The fraction of sp³-hybridized carbons (Fsp3) is 0.160. The lowest BCUT2D eigenvalue weighted by Crippen LogP contribution is -2.18. The third kappa shape index (κ3) is 4.51. The molecular formula is C25H20ClFN6O. The average Bonchev–Trinajstić information content (AvgIpc) is 2.85. The SMILES string of the molecule is CNc1cc2ncc(-c3cc(NC(=O)c4cc(C(C)(C)C#N)ccn4)cc(F)c3Cl)cc2cn1. The Morgan fingerprint density at radius 1 is 1.12 bits per heavy atom. The van der Waals surface area contributed by atoms with E-state index in [-0.39, 0.29) is 16.4 Å². The van der Waals surface area contributed by atoms with E-state index in [9.17, 15) is 14.4 Å². The molecule has 0 saturated carbocycles. The number of amides is 1. The molecule has 0 aliphatic heterocycles. The Balaban J connectivity index is 1.68. The van der Waals surface area contributed by atoms with Gasteiger partial charge in [-0.3, -0.25) is 14.8 Å². The van der Waals surface area contributed by atoms with Crippen molar-refractivity contribution >= 4 is 39.9 Å². The van der Waals surface area contributed by atoms with E-state index >= 15 is 0 Å². The summed E-state index contributed by atoms with van der Waals surface area (Å²) >= 11 is 6.25. The van der Waals surface area contributed by atoms with Crippen molar-refractivity contribution in [1.82, 2.24) is 15.0 Å². The second-order valence-corrected chi connectivity index (χ2v) is 8.55. The number of carbonyl (C=O) groups excluding carboxylic acids is 1. The van der Waals surface area contributed by atoms with Gasteiger partial charge >= 0.3 is 0 Å². The van der Waals surface area contributed by atoms with Crippen LogP contribution >= 0.6 is 11.6 Å². The highest BCUT2D eigenvalue weighted by Crippen LogP contribution is 2.34. The minimum Gasteiger partial charge on any atom is -0.373 e. The van der Waals surface area contributed by atoms with E-state index in [1.54, 1.807) is 63.6 Å². The van der Waals surface area contributed by atoms with Crippen LogP contribution in [0.3, 0.4) is 0 Å². The molecule has 0 spiro atoms. The normalized spacial score (nSPS) is 11.2. The van der Waals surface area contributed by atoms with Crippen LogP contribution in [0.4, 0.5) is 15.9 Å². The first-order chi connectivity index (χ1) is 16.2. The van der Waals surface area contributed by atoms with E-state index in [1.165, 1.54) is 6.20 Å². The van der Waals surface area contributed by atoms with Crippen molar-refractivity contribution in [2.24, 2.45) is 0 Å². The molecule has 1 amide bonds. The summed E-state index contributed by atoms with van der Waals surface area (Å²) in [6, 6.07) is 11.7. The van der Waals surface area contributed by atoms with Crippen molar-refractivity contribution in [3.63, 3.8) is 0 Å². The molecule has 0 atom stereocenters. The Morgan fingerprint density at radius 2 is 1.91 bits per heavy atom. The molecule has 34 heavy (non-hydrogen) atoms. The molecule has 0 aliphatic rings. The molecule has 4 rings (SSSR count). The van der Waals surface area contributed by atoms with Crippen LogP contribution in [-0.4, -0.2) is 27.9 Å². The van der Waals surface area contributed by atoms with E-state index in [2.05, 4.69) is 31.7 Å². The van der Waals surface area contributed by atoms with Gasteiger partial charge in [-0.25, -0.2) is 9.37 Å². The number of benzene rings is 1. The number of nitrogens with zero attached hydrogens (tertiary/aromatic N) is 4. The lowest BCUT2D eigenvalue weighted by molar-refractivity contribution is 0.102. The van der Waals surface area contributed by atoms with Gasteiger partial charge in [0.25, 0.3) is 5.91 Å². The summed E-state index contributed by atoms with van der Waals surface area (Å²) in [5, 5.41) is 15.6. The number of rotatable bonds is 5. The highest BCUT2D eigenvalue weighted by Gasteiger charge is 2.22. The summed E-state index contributed by atoms with van der Waals surface area (Å²) in [5.41, 5.74) is 1.84. The molecule has 0 saturated heterocycles. The number of fused-ring (bicyclic) bond motifs is 1. The van der Waals surface area contributed by atoms with Gasteiger partial charge in [0.15, 0.2) is 0 Å². The van der Waals surface area contributed by atoms with Gasteiger partial charge in [-0.1, -0.05) is 11.6 Å². The summed E-state index contributed by atoms with van der Waals surface area (Å²) < 4.78 is 14.7. The van der Waals surface area contributed by atoms with E-state index in [4.69, 9.17) is 11.6 Å². The third-order valence-electron chi connectivity index (χ3n) is 5.41. The fourth-order valence-electron chi connectivity index (χ4n) is 3.38. The monoisotopic (exact) mass is 474 g/mol. The predicted molar refractivity (Wildman–Crippen MR) is 130 cm³/mol. The summed E-state index contributed by atoms with van der Waals surface area (Å²) in [7, 11) is 1.76. The van der Waals surface area contributed by atoms with Crippen molar-refractivity contribution in [3.8, 4) is 17.2 Å². The zero-order chi connectivity index (χ0) is 24.5. The molecule has 3 heterocycles. The summed E-state index contributed by atoms with van der Waals surface area (Å²) in [6.45, 7) is 3.50. The number of hydrogen-bond acceptors (Lipinski definition) is 6. The molecule has 9 heteroatoms. The maximum Gasteiger partial charge on any atom is 0.274 e. The lowest BCUT2D eigenvalue weighted by atomic mass is 9.86. The smallest absolute Gasteiger partial charge is 0.274 e. The number of nitrogens with one attached hydrogen (secondary N) is 2. The van der Waals surface area contributed by atoms with Crippen molar-refractivity contribution in [2.75, 3.05) is 17.7 Å². The van der Waals surface area contributed by atoms with Gasteiger partial charge in [-0.2, -0.15) is 5.26 Å². The fourth-order valence-corrected chi connectivity index (χ4v) is 3.60. The third-order valence-corrected chi connectivity index (χ3v) is 5.80. The average molecular weight is 475 g/mol. The molecule has 0 unspecified atom stereocenters. The Kier molecular flexibility index (Phi) is 6.14. The molecule has 0 aliphatic carbocycles. The number of nitriles is 1. The minimum absolute atomic E-state index is 0.0881.